The average molecular weight is 318 g/mol. The summed E-state index contributed by atoms with van der Waals surface area (Å²) in [6, 6.07) is 12.3. The number of likely N-dealkylation sites (N-methyl/N-ethyl adjacent to an activating group) is 1. The fourth-order valence-electron chi connectivity index (χ4n) is 2.24. The molecule has 1 unspecified atom stereocenters. The minimum absolute atomic E-state index is 0.0698. The van der Waals surface area contributed by atoms with Crippen LogP contribution in [0.3, 0.4) is 0 Å². The Morgan fingerprint density at radius 2 is 1.87 bits per heavy atom. The highest BCUT2D eigenvalue weighted by atomic mass is 19.1. The van der Waals surface area contributed by atoms with Crippen molar-refractivity contribution in [3.8, 4) is 0 Å². The van der Waals surface area contributed by atoms with E-state index in [0.29, 0.717) is 12.1 Å². The molecule has 0 aliphatic carbocycles. The number of hydrogen-bond donors (Lipinski definition) is 2. The Hall–Kier alpha value is -2.80. The fourth-order valence-corrected chi connectivity index (χ4v) is 2.24. The van der Waals surface area contributed by atoms with Gasteiger partial charge in [0.05, 0.1) is 12.0 Å². The number of anilines is 1. The van der Waals surface area contributed by atoms with Crippen LogP contribution in [0.25, 0.3) is 0 Å². The van der Waals surface area contributed by atoms with Gasteiger partial charge in [-0.1, -0.05) is 30.3 Å². The number of carbonyl (C=O) groups excluding carboxylic acids is 1. The second kappa shape index (κ2) is 7.46. The number of quaternary nitrogens is 1. The zero-order valence-corrected chi connectivity index (χ0v) is 12.6. The summed E-state index contributed by atoms with van der Waals surface area (Å²) in [5, 5.41) is 13.4. The van der Waals surface area contributed by atoms with E-state index in [4.69, 9.17) is 0 Å². The van der Waals surface area contributed by atoms with Gasteiger partial charge in [-0.05, 0) is 12.1 Å². The van der Waals surface area contributed by atoms with Crippen molar-refractivity contribution in [3.05, 3.63) is 70.0 Å². The normalized spacial score (nSPS) is 11.7. The Bertz CT molecular complexity index is 721. The van der Waals surface area contributed by atoms with Gasteiger partial charge in [0.15, 0.2) is 6.54 Å². The zero-order valence-electron chi connectivity index (χ0n) is 12.6. The molecule has 2 aromatic carbocycles. The number of nitro groups is 1. The number of amides is 1. The number of carbonyl (C=O) groups is 1. The lowest BCUT2D eigenvalue weighted by molar-refractivity contribution is -0.885. The number of nitrogens with one attached hydrogen (secondary N) is 2. The number of halogens is 1. The molecule has 1 atom stereocenters. The molecule has 0 saturated heterocycles. The summed E-state index contributed by atoms with van der Waals surface area (Å²) in [5.74, 6) is -0.681. The maximum Gasteiger partial charge on any atom is 0.292 e. The van der Waals surface area contributed by atoms with Crippen LogP contribution >= 0.6 is 0 Å². The van der Waals surface area contributed by atoms with Crippen LogP contribution in [0.2, 0.25) is 0 Å². The first-order valence-electron chi connectivity index (χ1n) is 7.05. The van der Waals surface area contributed by atoms with Crippen LogP contribution in [0.4, 0.5) is 15.8 Å². The summed E-state index contributed by atoms with van der Waals surface area (Å²) < 4.78 is 13.6. The third kappa shape index (κ3) is 4.58. The van der Waals surface area contributed by atoms with Crippen LogP contribution in [0.1, 0.15) is 5.56 Å². The van der Waals surface area contributed by atoms with Gasteiger partial charge in [-0.2, -0.15) is 0 Å². The van der Waals surface area contributed by atoms with Gasteiger partial charge in [-0.25, -0.2) is 4.39 Å². The van der Waals surface area contributed by atoms with E-state index < -0.39 is 4.92 Å². The molecule has 1 amide bonds. The van der Waals surface area contributed by atoms with Crippen molar-refractivity contribution in [1.82, 2.24) is 0 Å². The first-order valence-corrected chi connectivity index (χ1v) is 7.05. The predicted octanol–water partition coefficient (Wildman–Crippen LogP) is 1.39. The molecule has 0 spiro atoms. The highest BCUT2D eigenvalue weighted by molar-refractivity contribution is 5.93. The van der Waals surface area contributed by atoms with E-state index >= 15 is 0 Å². The average Bonchev–Trinajstić information content (AvgIpc) is 2.49. The molecule has 0 aliphatic rings. The summed E-state index contributed by atoms with van der Waals surface area (Å²) in [6.07, 6.45) is 0. The lowest BCUT2D eigenvalue weighted by atomic mass is 10.2. The zero-order chi connectivity index (χ0) is 16.8. The molecule has 7 heteroatoms. The Morgan fingerprint density at radius 3 is 2.57 bits per heavy atom. The summed E-state index contributed by atoms with van der Waals surface area (Å²) in [7, 11) is 1.76. The second-order valence-corrected chi connectivity index (χ2v) is 5.22. The molecule has 0 fully saturated rings. The topological polar surface area (TPSA) is 76.7 Å². The third-order valence-corrected chi connectivity index (χ3v) is 3.29. The molecule has 6 nitrogen and oxygen atoms in total. The first kappa shape index (κ1) is 16.6. The van der Waals surface area contributed by atoms with Crippen LogP contribution in [0.5, 0.6) is 0 Å². The quantitative estimate of drug-likeness (QED) is 0.624. The van der Waals surface area contributed by atoms with Gasteiger partial charge in [0.1, 0.15) is 18.0 Å². The molecule has 0 aliphatic heterocycles. The summed E-state index contributed by atoms with van der Waals surface area (Å²) in [4.78, 5) is 23.2. The molecular formula is C16H17FN3O3+. The van der Waals surface area contributed by atoms with E-state index in [1.807, 2.05) is 0 Å². The Balaban J connectivity index is 1.97. The van der Waals surface area contributed by atoms with Gasteiger partial charge >= 0.3 is 0 Å². The lowest BCUT2D eigenvalue weighted by Crippen LogP contribution is -3.08. The van der Waals surface area contributed by atoms with Crippen molar-refractivity contribution in [2.24, 2.45) is 0 Å². The standard InChI is InChI=1S/C16H16FN3O3/c1-19(10-12-6-2-3-7-13(12)17)11-16(21)18-14-8-4-5-9-15(14)20(22)23/h2-9H,10-11H2,1H3,(H,18,21)/p+1. The molecule has 2 aromatic rings. The number of rotatable bonds is 6. The van der Waals surface area contributed by atoms with Crippen LogP contribution in [-0.4, -0.2) is 24.4 Å². The second-order valence-electron chi connectivity index (χ2n) is 5.22. The van der Waals surface area contributed by atoms with Crippen molar-refractivity contribution >= 4 is 17.3 Å². The largest absolute Gasteiger partial charge is 0.326 e. The van der Waals surface area contributed by atoms with Crippen molar-refractivity contribution < 1.29 is 19.0 Å². The van der Waals surface area contributed by atoms with E-state index in [2.05, 4.69) is 5.32 Å². The summed E-state index contributed by atoms with van der Waals surface area (Å²) in [6.45, 7) is 0.414. The van der Waals surface area contributed by atoms with Crippen LogP contribution in [0.15, 0.2) is 48.5 Å². The molecular weight excluding hydrogens is 301 g/mol. The summed E-state index contributed by atoms with van der Waals surface area (Å²) >= 11 is 0. The van der Waals surface area contributed by atoms with E-state index in [1.54, 1.807) is 31.3 Å². The van der Waals surface area contributed by atoms with Gasteiger partial charge in [0.2, 0.25) is 0 Å². The maximum absolute atomic E-state index is 13.6. The molecule has 23 heavy (non-hydrogen) atoms. The Morgan fingerprint density at radius 1 is 1.22 bits per heavy atom. The molecule has 120 valence electrons. The number of hydrogen-bond acceptors (Lipinski definition) is 3. The SMILES string of the molecule is C[NH+](CC(=O)Nc1ccccc1[N+](=O)[O-])Cc1ccccc1F. The molecule has 0 bridgehead atoms. The molecule has 0 radical (unpaired) electrons. The maximum atomic E-state index is 13.6. The van der Waals surface area contributed by atoms with Crippen LogP contribution < -0.4 is 10.2 Å². The highest BCUT2D eigenvalue weighted by Crippen LogP contribution is 2.22. The minimum atomic E-state index is -0.550. The van der Waals surface area contributed by atoms with Gasteiger partial charge in [0, 0.05) is 11.6 Å². The lowest BCUT2D eigenvalue weighted by Gasteiger charge is -2.14. The van der Waals surface area contributed by atoms with Gasteiger partial charge in [-0.3, -0.25) is 14.9 Å². The number of nitro benzene ring substituents is 1. The predicted molar refractivity (Wildman–Crippen MR) is 83.6 cm³/mol. The van der Waals surface area contributed by atoms with Gasteiger partial charge < -0.3 is 10.2 Å². The summed E-state index contributed by atoms with van der Waals surface area (Å²) in [5.41, 5.74) is 0.511. The van der Waals surface area contributed by atoms with E-state index in [1.165, 1.54) is 24.3 Å². The molecule has 0 saturated carbocycles. The minimum Gasteiger partial charge on any atom is -0.326 e. The van der Waals surface area contributed by atoms with Crippen molar-refractivity contribution in [2.45, 2.75) is 6.54 Å². The molecule has 2 N–H and O–H groups in total. The van der Waals surface area contributed by atoms with Crippen LogP contribution in [0, 0.1) is 15.9 Å². The van der Waals surface area contributed by atoms with Crippen molar-refractivity contribution in [2.75, 3.05) is 18.9 Å². The van der Waals surface area contributed by atoms with E-state index in [0.717, 1.165) is 4.90 Å². The Kier molecular flexibility index (Phi) is 5.37. The number of benzene rings is 2. The van der Waals surface area contributed by atoms with Crippen molar-refractivity contribution in [3.63, 3.8) is 0 Å². The van der Waals surface area contributed by atoms with Gasteiger partial charge in [0.25, 0.3) is 11.6 Å². The first-order chi connectivity index (χ1) is 11.0. The molecule has 0 heterocycles. The monoisotopic (exact) mass is 318 g/mol. The highest BCUT2D eigenvalue weighted by Gasteiger charge is 2.17. The van der Waals surface area contributed by atoms with Gasteiger partial charge in [-0.15, -0.1) is 0 Å². The fraction of sp³-hybridized carbons (Fsp3) is 0.188. The van der Waals surface area contributed by atoms with Crippen molar-refractivity contribution in [1.29, 1.82) is 0 Å². The molecule has 0 aromatic heterocycles. The Labute approximate surface area is 132 Å². The number of para-hydroxylation sites is 2. The third-order valence-electron chi connectivity index (χ3n) is 3.29. The van der Waals surface area contributed by atoms with Crippen LogP contribution in [-0.2, 0) is 11.3 Å². The molecule has 2 rings (SSSR count). The smallest absolute Gasteiger partial charge is 0.292 e. The van der Waals surface area contributed by atoms with E-state index in [-0.39, 0.29) is 29.6 Å². The van der Waals surface area contributed by atoms with E-state index in [9.17, 15) is 19.3 Å². The number of nitrogens with zero attached hydrogens (tertiary/aromatic N) is 1.